The molecule has 12 heterocycles. The number of amides is 18. The fourth-order valence-electron chi connectivity index (χ4n) is 15.1. The first kappa shape index (κ1) is 104. The zero-order valence-electron chi connectivity index (χ0n) is 83.6. The Bertz CT molecular complexity index is 6310. The molecule has 18 rings (SSSR count). The molecule has 6 aliphatic rings. The second-order valence-electron chi connectivity index (χ2n) is 36.0. The van der Waals surface area contributed by atoms with E-state index in [-0.39, 0.29) is 47.1 Å². The molecular weight excluding hydrogens is 1840 g/mol. The molecule has 0 saturated carbocycles. The van der Waals surface area contributed by atoms with Crippen molar-refractivity contribution in [3.05, 3.63) is 286 Å². The molecule has 6 aromatic carbocycles. The summed E-state index contributed by atoms with van der Waals surface area (Å²) in [5.74, 6) is 5.22. The van der Waals surface area contributed by atoms with Crippen LogP contribution in [0.2, 0.25) is 0 Å². The van der Waals surface area contributed by atoms with E-state index in [9.17, 15) is 57.5 Å². The number of nitrogens with zero attached hydrogens (tertiary/aromatic N) is 12. The Morgan fingerprint density at radius 3 is 0.896 bits per heavy atom. The minimum absolute atomic E-state index is 0.258. The number of carbonyl (C=O) groups excluding carboxylic acids is 12. The third-order valence-corrected chi connectivity index (χ3v) is 24.4. The van der Waals surface area contributed by atoms with Gasteiger partial charge >= 0.3 is 36.2 Å². The van der Waals surface area contributed by atoms with Gasteiger partial charge in [0.15, 0.2) is 0 Å². The van der Waals surface area contributed by atoms with Crippen LogP contribution in [0.3, 0.4) is 0 Å². The topological polar surface area (TPSA) is 429 Å². The summed E-state index contributed by atoms with van der Waals surface area (Å²) >= 11 is 0. The molecule has 6 fully saturated rings. The Morgan fingerprint density at radius 1 is 0.264 bits per heavy atom. The summed E-state index contributed by atoms with van der Waals surface area (Å²) in [6.45, 7) is 38.3. The SMILES string of the molecule is CC[C@H]1NC(=O)N(c2cc(Oc3ccc(C)c(C)c3)ccn2)C1=O.CC[C@H]1NC(=O)N(c2cccc(Oc3ccc(C)c(C)c3)n2)C1=O.CC[C@H]1NC(=O)N(c2ccnc(Oc3ccc(C)c(C)c3)c2)C1=O.CC[C@H]1NC(=O)N(c2cncc(Oc3ccc(C)c(C)c3)c2)C1=O.Cc1ccc(Oc2cc(N3C(=O)NC(C)(C)C3=O)ccn2)cc1C.Cc1ccc(Oc2cncc(N3C(=O)NC(C)(C)C3=O)c2)cc1C. The maximum Gasteiger partial charge on any atom is 0.330 e. The van der Waals surface area contributed by atoms with Crippen molar-refractivity contribution in [1.82, 2.24) is 61.8 Å². The molecule has 0 spiro atoms. The van der Waals surface area contributed by atoms with Crippen LogP contribution in [0.1, 0.15) is 148 Å². The first-order chi connectivity index (χ1) is 68.5. The van der Waals surface area contributed by atoms with Gasteiger partial charge in [-0.3, -0.25) is 38.7 Å². The Hall–Kier alpha value is -17.3. The zero-order chi connectivity index (χ0) is 104. The molecule has 144 heavy (non-hydrogen) atoms. The van der Waals surface area contributed by atoms with Crippen molar-refractivity contribution in [3.63, 3.8) is 0 Å². The lowest BCUT2D eigenvalue weighted by Gasteiger charge is -2.16. The molecule has 12 aromatic rings. The molecule has 744 valence electrons. The highest BCUT2D eigenvalue weighted by Crippen LogP contribution is 2.37. The van der Waals surface area contributed by atoms with Crippen molar-refractivity contribution in [2.24, 2.45) is 0 Å². The van der Waals surface area contributed by atoms with Crippen LogP contribution in [0, 0.1) is 83.1 Å². The van der Waals surface area contributed by atoms with E-state index in [1.807, 2.05) is 220 Å². The smallest absolute Gasteiger partial charge is 0.330 e. The number of imide groups is 6. The van der Waals surface area contributed by atoms with E-state index in [0.717, 1.165) is 62.8 Å². The van der Waals surface area contributed by atoms with Gasteiger partial charge in [0.05, 0.1) is 47.5 Å². The Morgan fingerprint density at radius 2 is 0.556 bits per heavy atom. The first-order valence-corrected chi connectivity index (χ1v) is 46.7. The van der Waals surface area contributed by atoms with Crippen molar-refractivity contribution in [2.45, 2.75) is 199 Å². The van der Waals surface area contributed by atoms with E-state index >= 15 is 0 Å². The monoisotopic (exact) mass is 1950 g/mol. The molecule has 0 radical (unpaired) electrons. The third-order valence-electron chi connectivity index (χ3n) is 24.4. The zero-order valence-corrected chi connectivity index (χ0v) is 83.6. The molecule has 0 unspecified atom stereocenters. The van der Waals surface area contributed by atoms with Crippen LogP contribution in [0.4, 0.5) is 63.2 Å². The lowest BCUT2D eigenvalue weighted by atomic mass is 10.1. The molecule has 36 nitrogen and oxygen atoms in total. The summed E-state index contributed by atoms with van der Waals surface area (Å²) in [5, 5.41) is 15.9. The van der Waals surface area contributed by atoms with E-state index in [4.69, 9.17) is 28.4 Å². The number of aryl methyl sites for hydroxylation is 12. The number of pyridine rings is 6. The summed E-state index contributed by atoms with van der Waals surface area (Å²) in [5.41, 5.74) is 13.6. The fraction of sp³-hybridized carbons (Fsp3) is 0.278. The lowest BCUT2D eigenvalue weighted by Crippen LogP contribution is -2.40. The van der Waals surface area contributed by atoms with Gasteiger partial charge in [-0.2, -0.15) is 4.98 Å². The third kappa shape index (κ3) is 24.5. The average molecular weight is 1950 g/mol. The van der Waals surface area contributed by atoms with Crippen LogP contribution in [-0.4, -0.2) is 137 Å². The van der Waals surface area contributed by atoms with Crippen LogP contribution >= 0.6 is 0 Å². The highest BCUT2D eigenvalue weighted by atomic mass is 16.5. The van der Waals surface area contributed by atoms with Crippen LogP contribution < -0.4 is 89.7 Å². The van der Waals surface area contributed by atoms with E-state index in [0.29, 0.717) is 118 Å². The first-order valence-electron chi connectivity index (χ1n) is 46.7. The quantitative estimate of drug-likeness (QED) is 0.0343. The fourth-order valence-corrected chi connectivity index (χ4v) is 15.1. The van der Waals surface area contributed by atoms with Gasteiger partial charge in [-0.1, -0.05) is 70.2 Å². The summed E-state index contributed by atoms with van der Waals surface area (Å²) in [6.07, 6.45) is 12.8. The van der Waals surface area contributed by atoms with E-state index in [1.54, 1.807) is 107 Å². The minimum atomic E-state index is -0.929. The molecule has 6 saturated heterocycles. The van der Waals surface area contributed by atoms with E-state index < -0.39 is 71.4 Å². The molecule has 0 aliphatic carbocycles. The van der Waals surface area contributed by atoms with Gasteiger partial charge in [-0.05, 0) is 300 Å². The molecule has 36 heteroatoms. The number of ether oxygens (including phenoxy) is 6. The lowest BCUT2D eigenvalue weighted by molar-refractivity contribution is -0.121. The van der Waals surface area contributed by atoms with Crippen LogP contribution in [0.15, 0.2) is 219 Å². The average Bonchev–Trinajstić information content (AvgIpc) is 1.63. The Labute approximate surface area is 833 Å². The number of aromatic nitrogens is 6. The van der Waals surface area contributed by atoms with Gasteiger partial charge in [0.2, 0.25) is 17.6 Å². The maximum atomic E-state index is 12.4. The van der Waals surface area contributed by atoms with Crippen LogP contribution in [0.5, 0.6) is 69.4 Å². The van der Waals surface area contributed by atoms with E-state index in [2.05, 4.69) is 61.8 Å². The van der Waals surface area contributed by atoms with Gasteiger partial charge < -0.3 is 60.3 Å². The van der Waals surface area contributed by atoms with Crippen molar-refractivity contribution < 1.29 is 86.0 Å². The molecule has 18 amide bonds. The van der Waals surface area contributed by atoms with E-state index in [1.165, 1.54) is 64.4 Å². The molecule has 6 aliphatic heterocycles. The number of hydrogen-bond donors (Lipinski definition) is 6. The van der Waals surface area contributed by atoms with Crippen molar-refractivity contribution >= 4 is 106 Å². The summed E-state index contributed by atoms with van der Waals surface area (Å²) in [4.78, 5) is 178. The Kier molecular flexibility index (Phi) is 32.4. The van der Waals surface area contributed by atoms with Crippen molar-refractivity contribution in [1.29, 1.82) is 0 Å². The summed E-state index contributed by atoms with van der Waals surface area (Å²) in [6, 6.07) is 47.9. The van der Waals surface area contributed by atoms with Crippen LogP contribution in [0.25, 0.3) is 0 Å². The van der Waals surface area contributed by atoms with Crippen LogP contribution in [-0.2, 0) is 28.8 Å². The standard InChI is InChI=1S/6C18H19N3O3/c1-11-5-6-14(7-12(11)2)24-15-8-13(9-19-10-15)21-16(22)18(3,4)20-17(21)23;1-11-5-6-14(9-12(11)2)24-15-10-13(7-8-19-15)21-16(22)18(3,4)20-17(21)23;1-4-16-17(22)21(18(23)20-16)13-8-15(10-19-9-13)24-14-6-5-11(2)12(3)7-14;1-4-15-17(22)21(18(23)20-15)13-7-8-19-16(10-13)24-14-6-5-11(2)12(3)9-14;1-4-15-17(22)21(18(23)20-15)16-10-14(7-8-19-16)24-13-6-5-11(2)12(3)9-13;1-4-14-17(22)21(18(23)19-14)15-6-5-7-16(20-15)24-13-9-8-11(2)12(3)10-13/h2*5-10H,1-4H3,(H,20,23);5-10,16H,4H2,1-3H3,(H,20,23);2*5-10,15H,4H2,1-3H3,(H,20,23);5-10,14H,4H2,1-3H3,(H,19,23)/t;;16-;2*15-;14-/m..1111/s1. The summed E-state index contributed by atoms with van der Waals surface area (Å²) < 4.78 is 34.7. The number of carbonyl (C=O) groups is 12. The number of rotatable bonds is 22. The second kappa shape index (κ2) is 44.9. The van der Waals surface area contributed by atoms with Crippen molar-refractivity contribution in [3.8, 4) is 69.4 Å². The number of urea groups is 6. The normalized spacial score (nSPS) is 16.8. The van der Waals surface area contributed by atoms with Gasteiger partial charge in [-0.25, -0.2) is 73.1 Å². The van der Waals surface area contributed by atoms with Gasteiger partial charge in [0, 0.05) is 55.0 Å². The number of nitrogens with one attached hydrogen (secondary N) is 6. The molecule has 4 atom stereocenters. The molecular formula is C108H114N18O18. The predicted molar refractivity (Wildman–Crippen MR) is 542 cm³/mol. The molecule has 0 bridgehead atoms. The number of hydrogen-bond acceptors (Lipinski definition) is 24. The summed E-state index contributed by atoms with van der Waals surface area (Å²) in [7, 11) is 0. The molecule has 6 N–H and O–H groups in total. The van der Waals surface area contributed by atoms with Gasteiger partial charge in [0.1, 0.15) is 98.6 Å². The Balaban J connectivity index is 0.000000145. The number of anilines is 6. The highest BCUT2D eigenvalue weighted by Gasteiger charge is 2.48. The highest BCUT2D eigenvalue weighted by molar-refractivity contribution is 6.26. The van der Waals surface area contributed by atoms with Gasteiger partial charge in [0.25, 0.3) is 35.4 Å². The second-order valence-corrected chi connectivity index (χ2v) is 36.0. The molecule has 6 aromatic heterocycles. The van der Waals surface area contributed by atoms with Gasteiger partial charge in [-0.15, -0.1) is 0 Å². The number of benzene rings is 6. The maximum absolute atomic E-state index is 12.4. The minimum Gasteiger partial charge on any atom is -0.457 e. The van der Waals surface area contributed by atoms with Crippen molar-refractivity contribution in [2.75, 3.05) is 29.4 Å². The predicted octanol–water partition coefficient (Wildman–Crippen LogP) is 20.0. The largest absolute Gasteiger partial charge is 0.457 e.